The maximum Gasteiger partial charge on any atom is 0.0653 e. The highest BCUT2D eigenvalue weighted by atomic mass is 16.3. The molecular formula is C15H26O. The zero-order chi connectivity index (χ0) is 11.7. The minimum absolute atomic E-state index is 0.381. The summed E-state index contributed by atoms with van der Waals surface area (Å²) >= 11 is 0. The molecule has 0 radical (unpaired) electrons. The normalized spacial score (nSPS) is 58.7. The van der Waals surface area contributed by atoms with Gasteiger partial charge in [-0.25, -0.2) is 0 Å². The predicted octanol–water partition coefficient (Wildman–Crippen LogP) is 3.47. The molecule has 16 heavy (non-hydrogen) atoms. The van der Waals surface area contributed by atoms with Crippen molar-refractivity contribution in [2.24, 2.45) is 35.0 Å². The molecule has 92 valence electrons. The number of rotatable bonds is 0. The van der Waals surface area contributed by atoms with Crippen molar-refractivity contribution in [3.63, 3.8) is 0 Å². The third kappa shape index (κ3) is 1.21. The lowest BCUT2D eigenvalue weighted by Gasteiger charge is -2.52. The van der Waals surface area contributed by atoms with Crippen LogP contribution in [0.25, 0.3) is 0 Å². The van der Waals surface area contributed by atoms with Gasteiger partial charge in [0.2, 0.25) is 0 Å². The third-order valence-corrected chi connectivity index (χ3v) is 6.39. The fraction of sp³-hybridized carbons (Fsp3) is 1.00. The van der Waals surface area contributed by atoms with E-state index in [1.54, 1.807) is 0 Å². The van der Waals surface area contributed by atoms with Gasteiger partial charge in [-0.15, -0.1) is 0 Å². The van der Waals surface area contributed by atoms with Crippen LogP contribution in [0.1, 0.15) is 53.4 Å². The molecule has 0 aromatic heterocycles. The van der Waals surface area contributed by atoms with Gasteiger partial charge in [0.1, 0.15) is 0 Å². The average molecular weight is 222 g/mol. The lowest BCUT2D eigenvalue weighted by Crippen LogP contribution is -2.51. The van der Waals surface area contributed by atoms with Gasteiger partial charge in [-0.3, -0.25) is 0 Å². The van der Waals surface area contributed by atoms with E-state index in [1.165, 1.54) is 19.3 Å². The van der Waals surface area contributed by atoms with Crippen LogP contribution >= 0.6 is 0 Å². The highest BCUT2D eigenvalue weighted by Crippen LogP contribution is 2.67. The zero-order valence-electron chi connectivity index (χ0n) is 11.2. The molecule has 3 fully saturated rings. The second-order valence-corrected chi connectivity index (χ2v) is 7.66. The van der Waals surface area contributed by atoms with Crippen molar-refractivity contribution in [1.82, 2.24) is 0 Å². The Morgan fingerprint density at radius 3 is 2.12 bits per heavy atom. The Hall–Kier alpha value is -0.0400. The van der Waals surface area contributed by atoms with E-state index in [0.29, 0.717) is 11.3 Å². The van der Waals surface area contributed by atoms with E-state index in [4.69, 9.17) is 0 Å². The molecule has 0 amide bonds. The third-order valence-electron chi connectivity index (χ3n) is 6.39. The lowest BCUT2D eigenvalue weighted by molar-refractivity contribution is -0.115. The van der Waals surface area contributed by atoms with Gasteiger partial charge in [0.25, 0.3) is 0 Å². The Morgan fingerprint density at radius 2 is 1.50 bits per heavy atom. The number of hydrogen-bond donors (Lipinski definition) is 1. The quantitative estimate of drug-likeness (QED) is 0.665. The van der Waals surface area contributed by atoms with Crippen LogP contribution < -0.4 is 0 Å². The molecule has 0 saturated heterocycles. The van der Waals surface area contributed by atoms with Crippen molar-refractivity contribution in [1.29, 1.82) is 0 Å². The summed E-state index contributed by atoms with van der Waals surface area (Å²) < 4.78 is 0. The molecule has 6 atom stereocenters. The summed E-state index contributed by atoms with van der Waals surface area (Å²) in [5.74, 6) is 3.92. The highest BCUT2D eigenvalue weighted by Gasteiger charge is 2.63. The van der Waals surface area contributed by atoms with Crippen LogP contribution in [0.4, 0.5) is 0 Å². The molecule has 0 aromatic carbocycles. The van der Waals surface area contributed by atoms with E-state index in [9.17, 15) is 5.11 Å². The minimum Gasteiger partial charge on any atom is -0.390 e. The molecule has 1 nitrogen and oxygen atoms in total. The topological polar surface area (TPSA) is 20.2 Å². The number of aliphatic hydroxyl groups is 1. The summed E-state index contributed by atoms with van der Waals surface area (Å²) in [5.41, 5.74) is 0.0787. The molecule has 3 aliphatic carbocycles. The molecule has 0 aliphatic heterocycles. The van der Waals surface area contributed by atoms with Gasteiger partial charge in [-0.1, -0.05) is 20.8 Å². The van der Waals surface area contributed by atoms with Gasteiger partial charge in [0.15, 0.2) is 0 Å². The van der Waals surface area contributed by atoms with Crippen LogP contribution in [0.2, 0.25) is 0 Å². The first-order valence-corrected chi connectivity index (χ1v) is 7.07. The first-order valence-electron chi connectivity index (χ1n) is 7.07. The van der Waals surface area contributed by atoms with E-state index in [1.807, 2.05) is 0 Å². The van der Waals surface area contributed by atoms with Crippen LogP contribution in [-0.4, -0.2) is 10.7 Å². The maximum atomic E-state index is 10.7. The summed E-state index contributed by atoms with van der Waals surface area (Å²) in [5, 5.41) is 10.7. The fourth-order valence-electron chi connectivity index (χ4n) is 5.63. The van der Waals surface area contributed by atoms with Crippen molar-refractivity contribution in [3.05, 3.63) is 0 Å². The van der Waals surface area contributed by atoms with Crippen molar-refractivity contribution >= 4 is 0 Å². The van der Waals surface area contributed by atoms with E-state index in [-0.39, 0.29) is 5.60 Å². The van der Waals surface area contributed by atoms with Gasteiger partial charge < -0.3 is 5.11 Å². The largest absolute Gasteiger partial charge is 0.390 e. The second-order valence-electron chi connectivity index (χ2n) is 7.66. The van der Waals surface area contributed by atoms with E-state index >= 15 is 0 Å². The molecule has 0 aromatic rings. The van der Waals surface area contributed by atoms with Crippen LogP contribution in [0.15, 0.2) is 0 Å². The predicted molar refractivity (Wildman–Crippen MR) is 66.0 cm³/mol. The zero-order valence-corrected chi connectivity index (χ0v) is 11.2. The Morgan fingerprint density at radius 1 is 0.938 bits per heavy atom. The molecule has 0 spiro atoms. The minimum atomic E-state index is -0.381. The Labute approximate surface area is 99.6 Å². The molecule has 3 unspecified atom stereocenters. The first kappa shape index (κ1) is 11.1. The van der Waals surface area contributed by atoms with E-state index < -0.39 is 0 Å². The maximum absolute atomic E-state index is 10.7. The van der Waals surface area contributed by atoms with E-state index in [0.717, 1.165) is 30.1 Å². The van der Waals surface area contributed by atoms with Gasteiger partial charge in [-0.05, 0) is 67.6 Å². The van der Waals surface area contributed by atoms with Crippen LogP contribution in [-0.2, 0) is 0 Å². The van der Waals surface area contributed by atoms with Crippen molar-refractivity contribution in [3.8, 4) is 0 Å². The Bertz CT molecular complexity index is 275. The van der Waals surface area contributed by atoms with Crippen molar-refractivity contribution < 1.29 is 5.11 Å². The number of hydrogen-bond acceptors (Lipinski definition) is 1. The van der Waals surface area contributed by atoms with Crippen LogP contribution in [0.5, 0.6) is 0 Å². The van der Waals surface area contributed by atoms with Crippen LogP contribution in [0, 0.1) is 35.0 Å². The fourth-order valence-corrected chi connectivity index (χ4v) is 5.63. The smallest absolute Gasteiger partial charge is 0.0653 e. The van der Waals surface area contributed by atoms with Gasteiger partial charge in [0.05, 0.1) is 5.60 Å². The first-order chi connectivity index (χ1) is 7.34. The molecule has 0 heterocycles. The summed E-state index contributed by atoms with van der Waals surface area (Å²) in [7, 11) is 0. The van der Waals surface area contributed by atoms with Crippen molar-refractivity contribution in [2.45, 2.75) is 59.0 Å². The second kappa shape index (κ2) is 3.04. The standard InChI is InChI=1S/C15H26O/c1-9-10-6-8-15(4,16)13-11(9)5-7-14(2,3)12(10)13/h9-13,16H,5-8H2,1-4H3/t9-,10?,11?,12?,13-,15-/m0/s1. The molecule has 3 rings (SSSR count). The monoisotopic (exact) mass is 222 g/mol. The van der Waals surface area contributed by atoms with Crippen LogP contribution in [0.3, 0.4) is 0 Å². The SMILES string of the molecule is C[C@H]1C2CC[C@](C)(O)[C@H]3C1CCC(C)(C)C23. The lowest BCUT2D eigenvalue weighted by atomic mass is 9.55. The van der Waals surface area contributed by atoms with Crippen molar-refractivity contribution in [2.75, 3.05) is 0 Å². The Balaban J connectivity index is 2.06. The summed E-state index contributed by atoms with van der Waals surface area (Å²) in [6.07, 6.45) is 5.02. The molecule has 3 aliphatic rings. The summed E-state index contributed by atoms with van der Waals surface area (Å²) in [6, 6.07) is 0. The molecule has 1 heteroatoms. The molecule has 1 N–H and O–H groups in total. The van der Waals surface area contributed by atoms with Gasteiger partial charge in [-0.2, -0.15) is 0 Å². The van der Waals surface area contributed by atoms with E-state index in [2.05, 4.69) is 27.7 Å². The Kier molecular flexibility index (Phi) is 2.11. The summed E-state index contributed by atoms with van der Waals surface area (Å²) in [6.45, 7) is 9.43. The molecule has 3 saturated carbocycles. The summed E-state index contributed by atoms with van der Waals surface area (Å²) in [4.78, 5) is 0. The molecule has 4 bridgehead atoms. The van der Waals surface area contributed by atoms with Gasteiger partial charge >= 0.3 is 0 Å². The average Bonchev–Trinajstić information content (AvgIpc) is 2.37. The highest BCUT2D eigenvalue weighted by molar-refractivity contribution is 5.12. The molecular weight excluding hydrogens is 196 g/mol. The van der Waals surface area contributed by atoms with Gasteiger partial charge in [0, 0.05) is 0 Å².